The third-order valence-corrected chi connectivity index (χ3v) is 3.58. The fourth-order valence-electron chi connectivity index (χ4n) is 2.40. The fraction of sp³-hybridized carbons (Fsp3) is 0.467. The summed E-state index contributed by atoms with van der Waals surface area (Å²) in [5, 5.41) is 14.6. The highest BCUT2D eigenvalue weighted by Crippen LogP contribution is 2.17. The second-order valence-electron chi connectivity index (χ2n) is 5.15. The highest BCUT2D eigenvalue weighted by molar-refractivity contribution is 5.76. The van der Waals surface area contributed by atoms with Gasteiger partial charge in [0.15, 0.2) is 0 Å². The number of aliphatic carboxylic acids is 1. The zero-order chi connectivity index (χ0) is 15.2. The van der Waals surface area contributed by atoms with E-state index in [0.29, 0.717) is 6.61 Å². The molecule has 6 heteroatoms. The van der Waals surface area contributed by atoms with Crippen LogP contribution in [0.25, 0.3) is 0 Å². The van der Waals surface area contributed by atoms with Crippen LogP contribution in [0.2, 0.25) is 0 Å². The molecule has 6 nitrogen and oxygen atoms in total. The van der Waals surface area contributed by atoms with Crippen molar-refractivity contribution >= 4 is 12.0 Å². The average Bonchev–Trinajstić information content (AvgIpc) is 2.84. The van der Waals surface area contributed by atoms with Gasteiger partial charge in [-0.2, -0.15) is 0 Å². The molecule has 3 atom stereocenters. The number of rotatable bonds is 5. The molecule has 1 fully saturated rings. The summed E-state index contributed by atoms with van der Waals surface area (Å²) in [5.41, 5.74) is 0.769. The lowest BCUT2D eigenvalue weighted by molar-refractivity contribution is -0.137. The molecule has 1 aliphatic heterocycles. The van der Waals surface area contributed by atoms with Crippen LogP contribution in [0, 0.1) is 0 Å². The molecule has 1 aromatic rings. The molecule has 1 aromatic carbocycles. The summed E-state index contributed by atoms with van der Waals surface area (Å²) in [5.74, 6) is -0.957. The van der Waals surface area contributed by atoms with Gasteiger partial charge in [0.2, 0.25) is 0 Å². The molecule has 3 unspecified atom stereocenters. The predicted octanol–water partition coefficient (Wildman–Crippen LogP) is 1.68. The first kappa shape index (κ1) is 15.3. The van der Waals surface area contributed by atoms with E-state index in [9.17, 15) is 9.59 Å². The van der Waals surface area contributed by atoms with E-state index < -0.39 is 12.0 Å². The molecule has 2 amide bonds. The summed E-state index contributed by atoms with van der Waals surface area (Å²) in [6, 6.07) is 8.12. The number of benzene rings is 1. The van der Waals surface area contributed by atoms with E-state index in [2.05, 4.69) is 10.6 Å². The lowest BCUT2D eigenvalue weighted by Crippen LogP contribution is -2.46. The Morgan fingerprint density at radius 1 is 1.38 bits per heavy atom. The van der Waals surface area contributed by atoms with E-state index in [-0.39, 0.29) is 24.6 Å². The van der Waals surface area contributed by atoms with Gasteiger partial charge in [-0.25, -0.2) is 4.79 Å². The molecule has 3 N–H and O–H groups in total. The minimum atomic E-state index is -0.957. The van der Waals surface area contributed by atoms with E-state index in [1.807, 2.05) is 25.1 Å². The van der Waals surface area contributed by atoms with Crippen LogP contribution in [-0.2, 0) is 9.53 Å². The maximum absolute atomic E-state index is 12.0. The lowest BCUT2D eigenvalue weighted by Gasteiger charge is -2.21. The van der Waals surface area contributed by atoms with Crippen LogP contribution in [0.4, 0.5) is 4.79 Å². The quantitative estimate of drug-likeness (QED) is 0.770. The Hall–Kier alpha value is -2.08. The first-order valence-corrected chi connectivity index (χ1v) is 7.01. The number of nitrogens with one attached hydrogen (secondary N) is 2. The number of carboxylic acids is 1. The largest absolute Gasteiger partial charge is 0.481 e. The number of hydrogen-bond donors (Lipinski definition) is 3. The first-order chi connectivity index (χ1) is 10.1. The number of hydrogen-bond acceptors (Lipinski definition) is 3. The number of ether oxygens (including phenoxy) is 1. The zero-order valence-corrected chi connectivity index (χ0v) is 11.9. The molecular formula is C15H20N2O4. The highest BCUT2D eigenvalue weighted by atomic mass is 16.5. The van der Waals surface area contributed by atoms with Crippen molar-refractivity contribution in [1.29, 1.82) is 0 Å². The van der Waals surface area contributed by atoms with Gasteiger partial charge in [0.1, 0.15) is 0 Å². The minimum absolute atomic E-state index is 0.0228. The number of carbonyl (C=O) groups excluding carboxylic acids is 1. The van der Waals surface area contributed by atoms with Gasteiger partial charge < -0.3 is 20.5 Å². The van der Waals surface area contributed by atoms with Gasteiger partial charge in [0.05, 0.1) is 24.6 Å². The second kappa shape index (κ2) is 7.08. The molecule has 0 aromatic heterocycles. The molecule has 0 saturated carbocycles. The summed E-state index contributed by atoms with van der Waals surface area (Å²) < 4.78 is 5.38. The van der Waals surface area contributed by atoms with Crippen LogP contribution >= 0.6 is 0 Å². The lowest BCUT2D eigenvalue weighted by atomic mass is 10.0. The molecule has 2 rings (SSSR count). The maximum Gasteiger partial charge on any atom is 0.315 e. The van der Waals surface area contributed by atoms with Crippen LogP contribution in [0.1, 0.15) is 31.4 Å². The third kappa shape index (κ3) is 4.46. The summed E-state index contributed by atoms with van der Waals surface area (Å²) in [7, 11) is 0. The molecule has 0 spiro atoms. The van der Waals surface area contributed by atoms with E-state index in [4.69, 9.17) is 9.84 Å². The number of carbonyl (C=O) groups is 2. The minimum Gasteiger partial charge on any atom is -0.481 e. The van der Waals surface area contributed by atoms with E-state index in [1.165, 1.54) is 0 Å². The fourth-order valence-corrected chi connectivity index (χ4v) is 2.40. The number of carboxylic acid groups (broad SMARTS) is 1. The van der Waals surface area contributed by atoms with Crippen molar-refractivity contribution in [3.63, 3.8) is 0 Å². The van der Waals surface area contributed by atoms with Crippen LogP contribution in [0.15, 0.2) is 30.3 Å². The molecule has 0 bridgehead atoms. The molecular weight excluding hydrogens is 272 g/mol. The van der Waals surface area contributed by atoms with Gasteiger partial charge in [0, 0.05) is 6.61 Å². The predicted molar refractivity (Wildman–Crippen MR) is 76.9 cm³/mol. The second-order valence-corrected chi connectivity index (χ2v) is 5.15. The third-order valence-electron chi connectivity index (χ3n) is 3.58. The van der Waals surface area contributed by atoms with Crippen molar-refractivity contribution in [1.82, 2.24) is 10.6 Å². The van der Waals surface area contributed by atoms with Crippen molar-refractivity contribution in [2.75, 3.05) is 6.61 Å². The average molecular weight is 292 g/mol. The van der Waals surface area contributed by atoms with Gasteiger partial charge in [-0.3, -0.25) is 4.79 Å². The van der Waals surface area contributed by atoms with Gasteiger partial charge in [0.25, 0.3) is 0 Å². The Bertz CT molecular complexity index is 492. The Morgan fingerprint density at radius 3 is 2.67 bits per heavy atom. The maximum atomic E-state index is 12.0. The van der Waals surface area contributed by atoms with E-state index in [1.54, 1.807) is 12.1 Å². The number of urea groups is 1. The summed E-state index contributed by atoms with van der Waals surface area (Å²) in [4.78, 5) is 23.0. The van der Waals surface area contributed by atoms with Crippen LogP contribution in [0.3, 0.4) is 0 Å². The van der Waals surface area contributed by atoms with E-state index in [0.717, 1.165) is 12.0 Å². The van der Waals surface area contributed by atoms with Gasteiger partial charge in [-0.1, -0.05) is 30.3 Å². The van der Waals surface area contributed by atoms with Crippen molar-refractivity contribution < 1.29 is 19.4 Å². The summed E-state index contributed by atoms with van der Waals surface area (Å²) in [6.07, 6.45) is 0.586. The van der Waals surface area contributed by atoms with Crippen molar-refractivity contribution in [3.8, 4) is 0 Å². The SMILES string of the molecule is CC1OCCC1NC(=O)NC(CC(=O)O)c1ccccc1. The van der Waals surface area contributed by atoms with Gasteiger partial charge in [-0.15, -0.1) is 0 Å². The topological polar surface area (TPSA) is 87.7 Å². The molecule has 1 aliphatic rings. The van der Waals surface area contributed by atoms with Crippen molar-refractivity contribution in [2.24, 2.45) is 0 Å². The van der Waals surface area contributed by atoms with Crippen LogP contribution < -0.4 is 10.6 Å². The molecule has 0 radical (unpaired) electrons. The van der Waals surface area contributed by atoms with Crippen molar-refractivity contribution in [3.05, 3.63) is 35.9 Å². The van der Waals surface area contributed by atoms with E-state index >= 15 is 0 Å². The normalized spacial score (nSPS) is 22.5. The molecule has 1 saturated heterocycles. The first-order valence-electron chi connectivity index (χ1n) is 7.01. The monoisotopic (exact) mass is 292 g/mol. The smallest absolute Gasteiger partial charge is 0.315 e. The molecule has 114 valence electrons. The molecule has 21 heavy (non-hydrogen) atoms. The Balaban J connectivity index is 1.98. The molecule has 0 aliphatic carbocycles. The van der Waals surface area contributed by atoms with Crippen LogP contribution in [0.5, 0.6) is 0 Å². The van der Waals surface area contributed by atoms with Crippen LogP contribution in [-0.4, -0.2) is 35.9 Å². The Kier molecular flexibility index (Phi) is 5.16. The Labute approximate surface area is 123 Å². The zero-order valence-electron chi connectivity index (χ0n) is 11.9. The number of amides is 2. The van der Waals surface area contributed by atoms with Gasteiger partial charge in [-0.05, 0) is 18.9 Å². The standard InChI is InChI=1S/C15H20N2O4/c1-10-12(7-8-21-10)16-15(20)17-13(9-14(18)19)11-5-3-2-4-6-11/h2-6,10,12-13H,7-9H2,1H3,(H,18,19)(H2,16,17,20). The molecule has 1 heterocycles. The van der Waals surface area contributed by atoms with Crippen molar-refractivity contribution in [2.45, 2.75) is 38.0 Å². The highest BCUT2D eigenvalue weighted by Gasteiger charge is 2.26. The summed E-state index contributed by atoms with van der Waals surface area (Å²) in [6.45, 7) is 2.53. The van der Waals surface area contributed by atoms with Gasteiger partial charge >= 0.3 is 12.0 Å². The summed E-state index contributed by atoms with van der Waals surface area (Å²) >= 11 is 0. The Morgan fingerprint density at radius 2 is 2.10 bits per heavy atom.